The second kappa shape index (κ2) is 7.89. The van der Waals surface area contributed by atoms with Crippen LogP contribution in [0.2, 0.25) is 0 Å². The van der Waals surface area contributed by atoms with Gasteiger partial charge in [-0.2, -0.15) is 0 Å². The molecule has 1 N–H and O–H groups in total. The molecule has 1 aromatic rings. The molecular formula is C14H20O5. The first kappa shape index (κ1) is 15.6. The van der Waals surface area contributed by atoms with E-state index < -0.39 is 12.4 Å². The van der Waals surface area contributed by atoms with Crippen molar-refractivity contribution in [3.05, 3.63) is 35.4 Å². The van der Waals surface area contributed by atoms with E-state index in [1.807, 2.05) is 6.07 Å². The van der Waals surface area contributed by atoms with Crippen molar-refractivity contribution < 1.29 is 24.1 Å². The van der Waals surface area contributed by atoms with Gasteiger partial charge >= 0.3 is 5.97 Å². The van der Waals surface area contributed by atoms with E-state index in [1.54, 1.807) is 18.2 Å². The van der Waals surface area contributed by atoms with Gasteiger partial charge in [0.05, 0.1) is 12.7 Å². The molecule has 0 amide bonds. The summed E-state index contributed by atoms with van der Waals surface area (Å²) in [6.45, 7) is 0. The highest BCUT2D eigenvalue weighted by molar-refractivity contribution is 5.89. The highest BCUT2D eigenvalue weighted by Gasteiger charge is 2.17. The summed E-state index contributed by atoms with van der Waals surface area (Å²) in [5.74, 6) is -0.367. The Labute approximate surface area is 113 Å². The Bertz CT molecular complexity index is 401. The number of methoxy groups -OCH3 is 3. The number of hydrogen-bond acceptors (Lipinski definition) is 5. The van der Waals surface area contributed by atoms with Gasteiger partial charge in [0.15, 0.2) is 6.29 Å². The van der Waals surface area contributed by atoms with Crippen LogP contribution in [0, 0.1) is 0 Å². The molecule has 0 aliphatic rings. The van der Waals surface area contributed by atoms with Gasteiger partial charge in [-0.3, -0.25) is 0 Å². The molecule has 0 unspecified atom stereocenters. The average molecular weight is 268 g/mol. The van der Waals surface area contributed by atoms with Crippen molar-refractivity contribution in [2.24, 2.45) is 0 Å². The molecule has 0 saturated heterocycles. The third-order valence-corrected chi connectivity index (χ3v) is 2.86. The Hall–Kier alpha value is -1.43. The van der Waals surface area contributed by atoms with Crippen LogP contribution in [0.15, 0.2) is 24.3 Å². The normalized spacial score (nSPS) is 12.5. The molecule has 1 aromatic carbocycles. The van der Waals surface area contributed by atoms with E-state index in [4.69, 9.17) is 9.47 Å². The minimum absolute atomic E-state index is 0.367. The van der Waals surface area contributed by atoms with Crippen molar-refractivity contribution >= 4 is 5.97 Å². The standard InChI is InChI=1S/C14H20O5/c1-17-13(16)11-6-4-5-10(9-11)7-8-12(15)14(18-2)19-3/h4-6,9,12,14-15H,7-8H2,1-3H3/t12-/m1/s1. The first-order chi connectivity index (χ1) is 9.12. The van der Waals surface area contributed by atoms with Crippen molar-refractivity contribution in [3.63, 3.8) is 0 Å². The maximum atomic E-state index is 11.4. The van der Waals surface area contributed by atoms with Gasteiger partial charge in [-0.05, 0) is 30.5 Å². The molecule has 5 nitrogen and oxygen atoms in total. The SMILES string of the molecule is COC(=O)c1cccc(CC[C@@H](O)C(OC)OC)c1. The van der Waals surface area contributed by atoms with E-state index in [-0.39, 0.29) is 5.97 Å². The van der Waals surface area contributed by atoms with Crippen LogP contribution in [0.25, 0.3) is 0 Å². The van der Waals surface area contributed by atoms with Crippen LogP contribution in [-0.2, 0) is 20.6 Å². The Morgan fingerprint density at radius 1 is 1.26 bits per heavy atom. The van der Waals surface area contributed by atoms with Crippen LogP contribution in [-0.4, -0.2) is 44.8 Å². The third kappa shape index (κ3) is 4.63. The second-order valence-electron chi connectivity index (χ2n) is 4.14. The number of benzene rings is 1. The number of ether oxygens (including phenoxy) is 3. The molecular weight excluding hydrogens is 248 g/mol. The molecule has 19 heavy (non-hydrogen) atoms. The molecule has 1 atom stereocenters. The molecule has 0 aliphatic heterocycles. The summed E-state index contributed by atoms with van der Waals surface area (Å²) in [7, 11) is 4.31. The quantitative estimate of drug-likeness (QED) is 0.598. The zero-order valence-corrected chi connectivity index (χ0v) is 11.5. The van der Waals surface area contributed by atoms with Gasteiger partial charge in [0.1, 0.15) is 6.10 Å². The minimum Gasteiger partial charge on any atom is -0.465 e. The smallest absolute Gasteiger partial charge is 0.337 e. The number of aryl methyl sites for hydroxylation is 1. The van der Waals surface area contributed by atoms with Gasteiger partial charge < -0.3 is 19.3 Å². The molecule has 0 heterocycles. The predicted octanol–water partition coefficient (Wildman–Crippen LogP) is 1.39. The maximum absolute atomic E-state index is 11.4. The lowest BCUT2D eigenvalue weighted by Gasteiger charge is -2.19. The predicted molar refractivity (Wildman–Crippen MR) is 69.9 cm³/mol. The van der Waals surface area contributed by atoms with Crippen LogP contribution >= 0.6 is 0 Å². The van der Waals surface area contributed by atoms with E-state index in [0.717, 1.165) is 5.56 Å². The Morgan fingerprint density at radius 2 is 1.95 bits per heavy atom. The second-order valence-corrected chi connectivity index (χ2v) is 4.14. The fraction of sp³-hybridized carbons (Fsp3) is 0.500. The molecule has 5 heteroatoms. The lowest BCUT2D eigenvalue weighted by molar-refractivity contribution is -0.165. The number of aliphatic hydroxyl groups excluding tert-OH is 1. The van der Waals surface area contributed by atoms with Crippen molar-refractivity contribution in [2.75, 3.05) is 21.3 Å². The summed E-state index contributed by atoms with van der Waals surface area (Å²) in [6, 6.07) is 7.14. The zero-order chi connectivity index (χ0) is 14.3. The van der Waals surface area contributed by atoms with Gasteiger partial charge in [0, 0.05) is 14.2 Å². The minimum atomic E-state index is -0.711. The maximum Gasteiger partial charge on any atom is 0.337 e. The van der Waals surface area contributed by atoms with Crippen molar-refractivity contribution in [1.82, 2.24) is 0 Å². The highest BCUT2D eigenvalue weighted by atomic mass is 16.7. The fourth-order valence-corrected chi connectivity index (χ4v) is 1.83. The lowest BCUT2D eigenvalue weighted by atomic mass is 10.0. The van der Waals surface area contributed by atoms with Crippen molar-refractivity contribution in [3.8, 4) is 0 Å². The van der Waals surface area contributed by atoms with E-state index in [9.17, 15) is 9.90 Å². The summed E-state index contributed by atoms with van der Waals surface area (Å²) >= 11 is 0. The third-order valence-electron chi connectivity index (χ3n) is 2.86. The number of rotatable bonds is 7. The Morgan fingerprint density at radius 3 is 2.53 bits per heavy atom. The van der Waals surface area contributed by atoms with Gasteiger partial charge in [-0.1, -0.05) is 12.1 Å². The Kier molecular flexibility index (Phi) is 6.49. The molecule has 0 fully saturated rings. The summed E-state index contributed by atoms with van der Waals surface area (Å²) in [6.07, 6.45) is -0.243. The first-order valence-electron chi connectivity index (χ1n) is 6.03. The summed E-state index contributed by atoms with van der Waals surface area (Å²) in [4.78, 5) is 11.4. The van der Waals surface area contributed by atoms with Crippen LogP contribution in [0.5, 0.6) is 0 Å². The van der Waals surface area contributed by atoms with Crippen molar-refractivity contribution in [2.45, 2.75) is 25.2 Å². The Balaban J connectivity index is 2.60. The average Bonchev–Trinajstić information content (AvgIpc) is 2.45. The molecule has 0 aromatic heterocycles. The summed E-state index contributed by atoms with van der Waals surface area (Å²) in [5.41, 5.74) is 1.46. The fourth-order valence-electron chi connectivity index (χ4n) is 1.83. The summed E-state index contributed by atoms with van der Waals surface area (Å²) in [5, 5.41) is 9.85. The van der Waals surface area contributed by atoms with Crippen LogP contribution in [0.3, 0.4) is 0 Å². The molecule has 0 bridgehead atoms. The monoisotopic (exact) mass is 268 g/mol. The van der Waals surface area contributed by atoms with Gasteiger partial charge in [0.2, 0.25) is 0 Å². The molecule has 0 radical (unpaired) electrons. The van der Waals surface area contributed by atoms with E-state index in [0.29, 0.717) is 18.4 Å². The number of esters is 1. The topological polar surface area (TPSA) is 65.0 Å². The number of aliphatic hydroxyl groups is 1. The molecule has 0 saturated carbocycles. The van der Waals surface area contributed by atoms with Crippen LogP contribution in [0.1, 0.15) is 22.3 Å². The lowest BCUT2D eigenvalue weighted by Crippen LogP contribution is -2.30. The first-order valence-corrected chi connectivity index (χ1v) is 6.03. The number of carbonyl (C=O) groups is 1. The van der Waals surface area contributed by atoms with Crippen molar-refractivity contribution in [1.29, 1.82) is 0 Å². The molecule has 0 aliphatic carbocycles. The van der Waals surface area contributed by atoms with Crippen LogP contribution in [0.4, 0.5) is 0 Å². The van der Waals surface area contributed by atoms with Gasteiger partial charge in [-0.15, -0.1) is 0 Å². The highest BCUT2D eigenvalue weighted by Crippen LogP contribution is 2.12. The molecule has 0 spiro atoms. The van der Waals surface area contributed by atoms with Gasteiger partial charge in [0.25, 0.3) is 0 Å². The number of hydrogen-bond donors (Lipinski definition) is 1. The van der Waals surface area contributed by atoms with Crippen LogP contribution < -0.4 is 0 Å². The molecule has 106 valence electrons. The van der Waals surface area contributed by atoms with E-state index >= 15 is 0 Å². The molecule has 1 rings (SSSR count). The van der Waals surface area contributed by atoms with E-state index in [1.165, 1.54) is 21.3 Å². The largest absolute Gasteiger partial charge is 0.465 e. The zero-order valence-electron chi connectivity index (χ0n) is 11.5. The van der Waals surface area contributed by atoms with Gasteiger partial charge in [-0.25, -0.2) is 4.79 Å². The number of carbonyl (C=O) groups excluding carboxylic acids is 1. The summed E-state index contributed by atoms with van der Waals surface area (Å²) < 4.78 is 14.6. The van der Waals surface area contributed by atoms with E-state index in [2.05, 4.69) is 4.74 Å².